The molecule has 0 bridgehead atoms. The van der Waals surface area contributed by atoms with Gasteiger partial charge in [-0.3, -0.25) is 4.99 Å². The largest absolute Gasteiger partial charge is 0.269 e. The van der Waals surface area contributed by atoms with Gasteiger partial charge in [-0.25, -0.2) is 4.99 Å². The van der Waals surface area contributed by atoms with Crippen molar-refractivity contribution in [3.8, 4) is 0 Å². The van der Waals surface area contributed by atoms with E-state index in [0.717, 1.165) is 0 Å². The van der Waals surface area contributed by atoms with Gasteiger partial charge < -0.3 is 0 Å². The van der Waals surface area contributed by atoms with Gasteiger partial charge in [-0.2, -0.15) is 0 Å². The van der Waals surface area contributed by atoms with Gasteiger partial charge in [0.1, 0.15) is 0 Å². The highest BCUT2D eigenvalue weighted by atomic mass is 14.7. The van der Waals surface area contributed by atoms with Crippen molar-refractivity contribution in [1.82, 2.24) is 0 Å². The third-order valence-electron chi connectivity index (χ3n) is 0.658. The standard InChI is InChI=1S/C8H10N2/c1-3-9-7-5-6-8-10-4-2/h3-6,8H,1H2,2H3/b8-6-,10-4+. The van der Waals surface area contributed by atoms with E-state index in [4.69, 9.17) is 0 Å². The Morgan fingerprint density at radius 2 is 2.30 bits per heavy atom. The smallest absolute Gasteiger partial charge is 0.0296 e. The molecule has 10 heavy (non-hydrogen) atoms. The summed E-state index contributed by atoms with van der Waals surface area (Å²) >= 11 is 0. The van der Waals surface area contributed by atoms with Crippen LogP contribution >= 0.6 is 0 Å². The molecule has 52 valence electrons. The third-order valence-corrected chi connectivity index (χ3v) is 0.658. The molecule has 2 heteroatoms. The molecule has 0 aromatic heterocycles. The lowest BCUT2D eigenvalue weighted by Crippen LogP contribution is -1.54. The van der Waals surface area contributed by atoms with E-state index in [0.29, 0.717) is 0 Å². The van der Waals surface area contributed by atoms with Gasteiger partial charge in [-0.1, -0.05) is 6.58 Å². The van der Waals surface area contributed by atoms with E-state index in [2.05, 4.69) is 22.4 Å². The molecular weight excluding hydrogens is 124 g/mol. The molecule has 0 aliphatic rings. The molecule has 0 radical (unpaired) electrons. The van der Waals surface area contributed by atoms with Gasteiger partial charge >= 0.3 is 0 Å². The van der Waals surface area contributed by atoms with Crippen molar-refractivity contribution in [2.24, 2.45) is 9.98 Å². The molecule has 0 N–H and O–H groups in total. The normalized spacial score (nSPS) is 9.70. The first-order chi connectivity index (χ1) is 4.91. The first-order valence-corrected chi connectivity index (χ1v) is 2.94. The average Bonchev–Trinajstić information content (AvgIpc) is 1.97. The molecule has 0 saturated carbocycles. The van der Waals surface area contributed by atoms with Crippen LogP contribution in [-0.4, -0.2) is 12.1 Å². The van der Waals surface area contributed by atoms with Crippen molar-refractivity contribution in [2.45, 2.75) is 6.92 Å². The number of hydrogen-bond donors (Lipinski definition) is 0. The summed E-state index contributed by atoms with van der Waals surface area (Å²) in [5.74, 6) is 2.62. The van der Waals surface area contributed by atoms with Crippen LogP contribution in [0.3, 0.4) is 0 Å². The maximum Gasteiger partial charge on any atom is 0.0296 e. The predicted molar refractivity (Wildman–Crippen MR) is 45.5 cm³/mol. The molecular formula is C8H10N2. The van der Waals surface area contributed by atoms with E-state index in [1.54, 1.807) is 24.6 Å². The van der Waals surface area contributed by atoms with Crippen molar-refractivity contribution in [3.63, 3.8) is 0 Å². The van der Waals surface area contributed by atoms with Crippen LogP contribution in [0.15, 0.2) is 41.1 Å². The van der Waals surface area contributed by atoms with E-state index < -0.39 is 0 Å². The minimum Gasteiger partial charge on any atom is -0.269 e. The van der Waals surface area contributed by atoms with E-state index in [1.165, 1.54) is 6.20 Å². The molecule has 0 fully saturated rings. The van der Waals surface area contributed by atoms with Gasteiger partial charge in [-0.05, 0) is 18.9 Å². The summed E-state index contributed by atoms with van der Waals surface area (Å²) < 4.78 is 0. The zero-order chi connectivity index (χ0) is 7.66. The Bertz CT molecular complexity index is 193. The molecule has 2 nitrogen and oxygen atoms in total. The molecule has 0 unspecified atom stereocenters. The molecule has 0 aliphatic carbocycles. The maximum absolute atomic E-state index is 3.83. The highest BCUT2D eigenvalue weighted by Crippen LogP contribution is 1.72. The lowest BCUT2D eigenvalue weighted by atomic mass is 10.6. The Balaban J connectivity index is 3.71. The number of hydrogen-bond acceptors (Lipinski definition) is 2. The molecule has 0 atom stereocenters. The van der Waals surface area contributed by atoms with Crippen LogP contribution in [0.5, 0.6) is 0 Å². The van der Waals surface area contributed by atoms with Crippen LogP contribution in [0.1, 0.15) is 6.92 Å². The Labute approximate surface area is 61.0 Å². The average molecular weight is 134 g/mol. The monoisotopic (exact) mass is 134 g/mol. The summed E-state index contributed by atoms with van der Waals surface area (Å²) in [6.07, 6.45) is 8.19. The second-order valence-corrected chi connectivity index (χ2v) is 1.36. The molecule has 0 amide bonds. The lowest BCUT2D eigenvalue weighted by Gasteiger charge is -1.67. The van der Waals surface area contributed by atoms with Crippen LogP contribution in [-0.2, 0) is 0 Å². The summed E-state index contributed by atoms with van der Waals surface area (Å²) in [7, 11) is 0. The van der Waals surface area contributed by atoms with Crippen LogP contribution in [0.4, 0.5) is 0 Å². The summed E-state index contributed by atoms with van der Waals surface area (Å²) in [5.41, 5.74) is 0. The van der Waals surface area contributed by atoms with Crippen LogP contribution in [0.2, 0.25) is 0 Å². The van der Waals surface area contributed by atoms with Crippen molar-refractivity contribution in [1.29, 1.82) is 0 Å². The zero-order valence-electron chi connectivity index (χ0n) is 5.99. The quantitative estimate of drug-likeness (QED) is 0.416. The predicted octanol–water partition coefficient (Wildman–Crippen LogP) is 1.96. The summed E-state index contributed by atoms with van der Waals surface area (Å²) in [4.78, 5) is 7.45. The summed E-state index contributed by atoms with van der Waals surface area (Å²) in [5, 5.41) is 0. The Hall–Kier alpha value is -1.40. The zero-order valence-corrected chi connectivity index (χ0v) is 5.99. The number of allylic oxidation sites excluding steroid dienone is 2. The van der Waals surface area contributed by atoms with Crippen molar-refractivity contribution < 1.29 is 0 Å². The lowest BCUT2D eigenvalue weighted by molar-refractivity contribution is 1.57. The topological polar surface area (TPSA) is 24.7 Å². The number of nitrogens with zero attached hydrogens (tertiary/aromatic N) is 2. The van der Waals surface area contributed by atoms with E-state index in [9.17, 15) is 0 Å². The van der Waals surface area contributed by atoms with Gasteiger partial charge in [0.15, 0.2) is 0 Å². The van der Waals surface area contributed by atoms with Crippen molar-refractivity contribution in [2.75, 3.05) is 0 Å². The fourth-order valence-electron chi connectivity index (χ4n) is 0.318. The van der Waals surface area contributed by atoms with Crippen LogP contribution in [0.25, 0.3) is 0 Å². The molecule has 0 aromatic rings. The highest BCUT2D eigenvalue weighted by molar-refractivity contribution is 5.56. The van der Waals surface area contributed by atoms with Gasteiger partial charge in [-0.15, -0.1) is 0 Å². The Kier molecular flexibility index (Phi) is 6.54. The van der Waals surface area contributed by atoms with Gasteiger partial charge in [0.05, 0.1) is 0 Å². The summed E-state index contributed by atoms with van der Waals surface area (Å²) in [6, 6.07) is 0. The SMILES string of the molecule is C=CN=C=C/C=C\N=C\C. The van der Waals surface area contributed by atoms with E-state index in [-0.39, 0.29) is 0 Å². The van der Waals surface area contributed by atoms with Crippen molar-refractivity contribution in [3.05, 3.63) is 31.1 Å². The molecule has 0 saturated heterocycles. The molecule has 0 spiro atoms. The fraction of sp³-hybridized carbons (Fsp3) is 0.125. The van der Waals surface area contributed by atoms with Crippen LogP contribution in [0, 0.1) is 0 Å². The minimum atomic E-state index is 1.42. The minimum absolute atomic E-state index is 1.42. The highest BCUT2D eigenvalue weighted by Gasteiger charge is 1.56. The number of rotatable bonds is 3. The molecule has 0 heterocycles. The second kappa shape index (κ2) is 7.60. The molecule has 0 aromatic carbocycles. The molecule has 0 aliphatic heterocycles. The maximum atomic E-state index is 3.83. The van der Waals surface area contributed by atoms with Gasteiger partial charge in [0, 0.05) is 24.7 Å². The molecule has 0 rings (SSSR count). The van der Waals surface area contributed by atoms with Gasteiger partial charge in [0.2, 0.25) is 0 Å². The number of aliphatic imine (C=N–C) groups is 2. The second-order valence-electron chi connectivity index (χ2n) is 1.36. The van der Waals surface area contributed by atoms with E-state index >= 15 is 0 Å². The van der Waals surface area contributed by atoms with E-state index in [1.807, 2.05) is 6.92 Å². The first kappa shape index (κ1) is 8.60. The first-order valence-electron chi connectivity index (χ1n) is 2.94. The van der Waals surface area contributed by atoms with Crippen LogP contribution < -0.4 is 0 Å². The summed E-state index contributed by atoms with van der Waals surface area (Å²) in [6.45, 7) is 5.24. The Morgan fingerprint density at radius 1 is 1.50 bits per heavy atom. The Morgan fingerprint density at radius 3 is 2.90 bits per heavy atom. The third kappa shape index (κ3) is 6.60. The van der Waals surface area contributed by atoms with Crippen molar-refractivity contribution >= 4 is 12.1 Å². The fourth-order valence-corrected chi connectivity index (χ4v) is 0.318. The van der Waals surface area contributed by atoms with Gasteiger partial charge in [0.25, 0.3) is 0 Å².